The first-order valence-electron chi connectivity index (χ1n) is 23.2. The highest BCUT2D eigenvalue weighted by Gasteiger charge is 2.23. The Morgan fingerprint density at radius 2 is 1.01 bits per heavy atom. The van der Waals surface area contributed by atoms with Gasteiger partial charge in [0.2, 0.25) is 0 Å². The number of rotatable bonds is 7. The van der Waals surface area contributed by atoms with Crippen LogP contribution in [0.15, 0.2) is 247 Å². The Hall–Kier alpha value is -8.70. The van der Waals surface area contributed by atoms with E-state index in [9.17, 15) is 0 Å². The lowest BCUT2D eigenvalue weighted by atomic mass is 9.96. The van der Waals surface area contributed by atoms with Crippen LogP contribution in [-0.2, 0) is 0 Å². The summed E-state index contributed by atoms with van der Waals surface area (Å²) in [6.07, 6.45) is 0. The standard InChI is InChI=1S/C64H40N2OS/c1-2-16-43-37-44(32-31-41(43)15-1)42-33-35-46(36-34-42)65(57-25-8-5-21-51(57)53-24-14-29-61-63(53)54-23-6-11-28-60(54)67-61)48-39-55(64-56(40-48)52-22-7-12-30-62(52)68-64)45-17-13-18-47(38-45)66-58-26-9-3-19-49(58)50-20-4-10-27-59(50)66/h1-40H. The van der Waals surface area contributed by atoms with Crippen LogP contribution in [0.3, 0.4) is 0 Å². The number of furan rings is 1. The van der Waals surface area contributed by atoms with Gasteiger partial charge in [0.1, 0.15) is 11.2 Å². The van der Waals surface area contributed by atoms with E-state index in [4.69, 9.17) is 4.42 Å². The summed E-state index contributed by atoms with van der Waals surface area (Å²) in [4.78, 5) is 2.47. The van der Waals surface area contributed by atoms with Crippen LogP contribution in [0.1, 0.15) is 0 Å². The van der Waals surface area contributed by atoms with E-state index in [1.807, 2.05) is 17.4 Å². The highest BCUT2D eigenvalue weighted by Crippen LogP contribution is 2.49. The van der Waals surface area contributed by atoms with Crippen molar-refractivity contribution < 1.29 is 4.42 Å². The zero-order valence-electron chi connectivity index (χ0n) is 36.8. The number of aromatic nitrogens is 1. The molecular formula is C64H40N2OS. The molecule has 0 spiro atoms. The number of benzene rings is 11. The molecule has 0 radical (unpaired) electrons. The van der Waals surface area contributed by atoms with Gasteiger partial charge in [-0.15, -0.1) is 11.3 Å². The largest absolute Gasteiger partial charge is 0.456 e. The molecule has 0 aliphatic rings. The first-order chi connectivity index (χ1) is 33.7. The molecule has 0 bridgehead atoms. The van der Waals surface area contributed by atoms with Gasteiger partial charge in [-0.1, -0.05) is 164 Å². The number of anilines is 3. The van der Waals surface area contributed by atoms with Crippen molar-refractivity contribution in [2.45, 2.75) is 0 Å². The van der Waals surface area contributed by atoms with Crippen LogP contribution in [-0.4, -0.2) is 4.57 Å². The topological polar surface area (TPSA) is 21.3 Å². The number of hydrogen-bond acceptors (Lipinski definition) is 3. The van der Waals surface area contributed by atoms with Crippen LogP contribution in [0.5, 0.6) is 0 Å². The highest BCUT2D eigenvalue weighted by molar-refractivity contribution is 7.26. The minimum Gasteiger partial charge on any atom is -0.456 e. The monoisotopic (exact) mass is 884 g/mol. The quantitative estimate of drug-likeness (QED) is 0.159. The number of hydrogen-bond donors (Lipinski definition) is 0. The first-order valence-corrected chi connectivity index (χ1v) is 24.0. The summed E-state index contributed by atoms with van der Waals surface area (Å²) >= 11 is 1.87. The average Bonchev–Trinajstić information content (AvgIpc) is 4.09. The second-order valence-electron chi connectivity index (χ2n) is 17.6. The van der Waals surface area contributed by atoms with Crippen molar-refractivity contribution in [3.63, 3.8) is 0 Å². The Labute approximate surface area is 396 Å². The van der Waals surface area contributed by atoms with Gasteiger partial charge < -0.3 is 13.9 Å². The van der Waals surface area contributed by atoms with Gasteiger partial charge in [0.15, 0.2) is 0 Å². The van der Waals surface area contributed by atoms with E-state index in [-0.39, 0.29) is 0 Å². The van der Waals surface area contributed by atoms with E-state index < -0.39 is 0 Å². The molecule has 0 saturated heterocycles. The Balaban J connectivity index is 1.01. The van der Waals surface area contributed by atoms with E-state index in [1.54, 1.807) is 0 Å². The zero-order chi connectivity index (χ0) is 44.7. The molecule has 14 rings (SSSR count). The Bertz CT molecular complexity index is 4230. The molecule has 3 aromatic heterocycles. The predicted molar refractivity (Wildman–Crippen MR) is 289 cm³/mol. The second-order valence-corrected chi connectivity index (χ2v) is 18.7. The Morgan fingerprint density at radius 3 is 1.85 bits per heavy atom. The molecule has 0 N–H and O–H groups in total. The van der Waals surface area contributed by atoms with Crippen molar-refractivity contribution in [2.75, 3.05) is 4.90 Å². The fourth-order valence-corrected chi connectivity index (χ4v) is 11.9. The summed E-state index contributed by atoms with van der Waals surface area (Å²) in [6.45, 7) is 0. The molecule has 3 nitrogen and oxygen atoms in total. The SMILES string of the molecule is c1cc(-c2cc(N(c3ccc(-c4ccc5ccccc5c4)cc3)c3ccccc3-c3cccc4oc5ccccc5c34)cc3c2sc2ccccc23)cc(-n2c3ccccc3c3ccccc32)c1. The van der Waals surface area contributed by atoms with Crippen molar-refractivity contribution in [3.05, 3.63) is 243 Å². The van der Waals surface area contributed by atoms with Crippen LogP contribution in [0.25, 0.3) is 114 Å². The average molecular weight is 885 g/mol. The fraction of sp³-hybridized carbons (Fsp3) is 0. The number of thiophene rings is 1. The molecule has 0 fully saturated rings. The maximum Gasteiger partial charge on any atom is 0.136 e. The van der Waals surface area contributed by atoms with Crippen LogP contribution in [0.4, 0.5) is 17.1 Å². The Kier molecular flexibility index (Phi) is 8.76. The summed E-state index contributed by atoms with van der Waals surface area (Å²) in [5, 5.41) is 9.69. The lowest BCUT2D eigenvalue weighted by molar-refractivity contribution is 0.669. The second kappa shape index (κ2) is 15.5. The molecule has 0 aliphatic heterocycles. The zero-order valence-corrected chi connectivity index (χ0v) is 37.6. The lowest BCUT2D eigenvalue weighted by Crippen LogP contribution is -2.11. The van der Waals surface area contributed by atoms with Crippen LogP contribution in [0.2, 0.25) is 0 Å². The van der Waals surface area contributed by atoms with Gasteiger partial charge in [-0.25, -0.2) is 0 Å². The minimum atomic E-state index is 0.876. The Morgan fingerprint density at radius 1 is 0.368 bits per heavy atom. The number of fused-ring (bicyclic) bond motifs is 10. The molecule has 3 heterocycles. The van der Waals surface area contributed by atoms with E-state index >= 15 is 0 Å². The van der Waals surface area contributed by atoms with Crippen LogP contribution < -0.4 is 4.90 Å². The van der Waals surface area contributed by atoms with Crippen molar-refractivity contribution in [3.8, 4) is 39.1 Å². The molecule has 0 aliphatic carbocycles. The maximum atomic E-state index is 6.48. The van der Waals surface area contributed by atoms with Gasteiger partial charge in [-0.05, 0) is 112 Å². The van der Waals surface area contributed by atoms with Gasteiger partial charge in [-0.3, -0.25) is 0 Å². The summed E-state index contributed by atoms with van der Waals surface area (Å²) in [7, 11) is 0. The van der Waals surface area contributed by atoms with E-state index in [2.05, 4.69) is 246 Å². The van der Waals surface area contributed by atoms with Crippen molar-refractivity contribution in [1.82, 2.24) is 4.57 Å². The van der Waals surface area contributed by atoms with Gasteiger partial charge in [0.05, 0.1) is 16.7 Å². The van der Waals surface area contributed by atoms with Gasteiger partial charge in [0.25, 0.3) is 0 Å². The normalized spacial score (nSPS) is 11.8. The van der Waals surface area contributed by atoms with E-state index in [0.717, 1.165) is 61.4 Å². The van der Waals surface area contributed by atoms with Crippen molar-refractivity contribution in [2.24, 2.45) is 0 Å². The molecule has 68 heavy (non-hydrogen) atoms. The molecule has 11 aromatic carbocycles. The third-order valence-electron chi connectivity index (χ3n) is 13.8. The molecule has 318 valence electrons. The molecule has 0 saturated carbocycles. The van der Waals surface area contributed by atoms with Gasteiger partial charge >= 0.3 is 0 Å². The minimum absolute atomic E-state index is 0.876. The van der Waals surface area contributed by atoms with Gasteiger partial charge in [0, 0.05) is 69.9 Å². The first kappa shape index (κ1) is 38.6. The molecule has 14 aromatic rings. The third-order valence-corrected chi connectivity index (χ3v) is 15.0. The maximum absolute atomic E-state index is 6.48. The molecule has 0 amide bonds. The highest BCUT2D eigenvalue weighted by atomic mass is 32.1. The third kappa shape index (κ3) is 6.12. The van der Waals surface area contributed by atoms with E-state index in [1.165, 1.54) is 69.4 Å². The molecular weight excluding hydrogens is 845 g/mol. The fourth-order valence-electron chi connectivity index (χ4n) is 10.7. The molecule has 4 heteroatoms. The van der Waals surface area contributed by atoms with Crippen LogP contribution in [0, 0.1) is 0 Å². The number of para-hydroxylation sites is 4. The summed E-state index contributed by atoms with van der Waals surface area (Å²) in [6, 6.07) is 88.4. The predicted octanol–water partition coefficient (Wildman–Crippen LogP) is 18.7. The van der Waals surface area contributed by atoms with Crippen LogP contribution >= 0.6 is 11.3 Å². The van der Waals surface area contributed by atoms with Crippen molar-refractivity contribution >= 4 is 103 Å². The van der Waals surface area contributed by atoms with Gasteiger partial charge in [-0.2, -0.15) is 0 Å². The van der Waals surface area contributed by atoms with Crippen molar-refractivity contribution in [1.29, 1.82) is 0 Å². The lowest BCUT2D eigenvalue weighted by Gasteiger charge is -2.29. The number of nitrogens with zero attached hydrogens (tertiary/aromatic N) is 2. The molecule has 0 unspecified atom stereocenters. The summed E-state index contributed by atoms with van der Waals surface area (Å²) in [5.74, 6) is 0. The summed E-state index contributed by atoms with van der Waals surface area (Å²) < 4.78 is 11.4. The smallest absolute Gasteiger partial charge is 0.136 e. The molecule has 0 atom stereocenters. The van der Waals surface area contributed by atoms with E-state index in [0.29, 0.717) is 0 Å². The summed E-state index contributed by atoms with van der Waals surface area (Å²) in [5.41, 5.74) is 15.5.